The molecule has 3 aliphatic carbocycles. The first-order chi connectivity index (χ1) is 20.2. The highest BCUT2D eigenvalue weighted by Crippen LogP contribution is 2.65. The summed E-state index contributed by atoms with van der Waals surface area (Å²) in [6.45, 7) is 0. The second-order valence-corrected chi connectivity index (χ2v) is 10.8. The van der Waals surface area contributed by atoms with Crippen molar-refractivity contribution in [1.29, 1.82) is 0 Å². The molecule has 3 aromatic carbocycles. The van der Waals surface area contributed by atoms with Crippen LogP contribution < -0.4 is 9.80 Å². The van der Waals surface area contributed by atoms with Crippen molar-refractivity contribution in [2.75, 3.05) is 9.80 Å². The molecule has 0 spiro atoms. The summed E-state index contributed by atoms with van der Waals surface area (Å²) in [5.74, 6) is -7.40. The largest absolute Gasteiger partial charge is 0.274 e. The van der Waals surface area contributed by atoms with Crippen LogP contribution >= 0.6 is 0 Å². The predicted octanol–water partition coefficient (Wildman–Crippen LogP) is 3.55. The van der Waals surface area contributed by atoms with Gasteiger partial charge in [0, 0.05) is 35.6 Å². The Morgan fingerprint density at radius 3 is 1.55 bits per heavy atom. The van der Waals surface area contributed by atoms with E-state index in [9.17, 15) is 39.4 Å². The quantitative estimate of drug-likeness (QED) is 0.197. The molecule has 3 aromatic rings. The number of imide groups is 2. The van der Waals surface area contributed by atoms with Crippen molar-refractivity contribution in [3.8, 4) is 0 Å². The maximum absolute atomic E-state index is 14.3. The van der Waals surface area contributed by atoms with Crippen LogP contribution in [-0.2, 0) is 24.6 Å². The molecule has 208 valence electrons. The average molecular weight is 565 g/mol. The van der Waals surface area contributed by atoms with Crippen molar-refractivity contribution in [2.45, 2.75) is 5.41 Å². The maximum Gasteiger partial charge on any atom is 0.271 e. The molecule has 0 aromatic heterocycles. The Bertz CT molecular complexity index is 1680. The molecule has 0 radical (unpaired) electrons. The fraction of sp³-hybridized carbons (Fsp3) is 0.200. The van der Waals surface area contributed by atoms with Gasteiger partial charge in [0.2, 0.25) is 23.6 Å². The van der Waals surface area contributed by atoms with E-state index in [1.807, 2.05) is 0 Å². The van der Waals surface area contributed by atoms with Crippen LogP contribution in [0.5, 0.6) is 0 Å². The van der Waals surface area contributed by atoms with E-state index >= 15 is 0 Å². The number of nitro benzene ring substituents is 2. The van der Waals surface area contributed by atoms with Crippen LogP contribution in [0.25, 0.3) is 0 Å². The number of hydrogen-bond acceptors (Lipinski definition) is 8. The Kier molecular flexibility index (Phi) is 5.29. The first-order valence-corrected chi connectivity index (χ1v) is 13.2. The Labute approximate surface area is 237 Å². The highest BCUT2D eigenvalue weighted by atomic mass is 16.6. The summed E-state index contributed by atoms with van der Waals surface area (Å²) in [6, 6.07) is 19.2. The van der Waals surface area contributed by atoms with Crippen LogP contribution in [-0.4, -0.2) is 33.5 Å². The molecule has 0 N–H and O–H groups in total. The summed E-state index contributed by atoms with van der Waals surface area (Å²) in [7, 11) is 0. The number of benzene rings is 3. The molecule has 2 saturated heterocycles. The molecule has 3 fully saturated rings. The lowest BCUT2D eigenvalue weighted by molar-refractivity contribution is -0.385. The normalized spacial score (nSPS) is 29.2. The number of nitrogens with zero attached hydrogens (tertiary/aromatic N) is 4. The smallest absolute Gasteiger partial charge is 0.271 e. The van der Waals surface area contributed by atoms with Crippen LogP contribution in [0.2, 0.25) is 0 Å². The van der Waals surface area contributed by atoms with Gasteiger partial charge in [-0.15, -0.1) is 0 Å². The fourth-order valence-corrected chi connectivity index (χ4v) is 7.48. The second kappa shape index (κ2) is 8.74. The molecule has 42 heavy (non-hydrogen) atoms. The van der Waals surface area contributed by atoms with Crippen molar-refractivity contribution in [3.05, 3.63) is 117 Å². The topological polar surface area (TPSA) is 161 Å². The minimum atomic E-state index is -1.39. The molecule has 1 saturated carbocycles. The van der Waals surface area contributed by atoms with E-state index in [4.69, 9.17) is 0 Å². The van der Waals surface area contributed by atoms with Gasteiger partial charge in [0.25, 0.3) is 11.4 Å². The Hall–Kier alpha value is -5.52. The summed E-state index contributed by atoms with van der Waals surface area (Å²) in [6.07, 6.45) is 3.47. The molecule has 2 heterocycles. The van der Waals surface area contributed by atoms with Gasteiger partial charge in [-0.3, -0.25) is 39.4 Å². The lowest BCUT2D eigenvalue weighted by atomic mass is 9.45. The fourth-order valence-electron chi connectivity index (χ4n) is 7.48. The summed E-state index contributed by atoms with van der Waals surface area (Å²) in [5, 5.41) is 22.9. The van der Waals surface area contributed by atoms with Gasteiger partial charge in [0.1, 0.15) is 0 Å². The lowest BCUT2D eigenvalue weighted by Crippen LogP contribution is -2.60. The van der Waals surface area contributed by atoms with Gasteiger partial charge in [-0.1, -0.05) is 54.6 Å². The van der Waals surface area contributed by atoms with Crippen LogP contribution in [0.3, 0.4) is 0 Å². The average Bonchev–Trinajstić information content (AvgIpc) is 3.44. The van der Waals surface area contributed by atoms with E-state index in [0.29, 0.717) is 5.56 Å². The predicted molar refractivity (Wildman–Crippen MR) is 146 cm³/mol. The van der Waals surface area contributed by atoms with E-state index in [1.165, 1.54) is 36.4 Å². The first-order valence-electron chi connectivity index (χ1n) is 13.2. The maximum atomic E-state index is 14.3. The third-order valence-electron chi connectivity index (χ3n) is 9.03. The number of amides is 4. The van der Waals surface area contributed by atoms with E-state index in [1.54, 1.807) is 42.5 Å². The van der Waals surface area contributed by atoms with E-state index in [0.717, 1.165) is 21.9 Å². The highest BCUT2D eigenvalue weighted by molar-refractivity contribution is 6.27. The van der Waals surface area contributed by atoms with Crippen LogP contribution in [0.4, 0.5) is 22.7 Å². The van der Waals surface area contributed by atoms with E-state index in [2.05, 4.69) is 0 Å². The van der Waals surface area contributed by atoms with Gasteiger partial charge >= 0.3 is 0 Å². The Morgan fingerprint density at radius 2 is 1.10 bits per heavy atom. The summed E-state index contributed by atoms with van der Waals surface area (Å²) >= 11 is 0. The molecule has 12 nitrogen and oxygen atoms in total. The number of allylic oxidation sites excluding steroid dienone is 2. The molecule has 6 atom stereocenters. The van der Waals surface area contributed by atoms with Gasteiger partial charge in [-0.25, -0.2) is 9.80 Å². The molecular weight excluding hydrogens is 544 g/mol. The van der Waals surface area contributed by atoms with Crippen LogP contribution in [0.15, 0.2) is 91.0 Å². The van der Waals surface area contributed by atoms with Crippen molar-refractivity contribution >= 4 is 46.4 Å². The van der Waals surface area contributed by atoms with Gasteiger partial charge < -0.3 is 0 Å². The molecular formula is C30H20N4O8. The summed E-state index contributed by atoms with van der Waals surface area (Å²) < 4.78 is 0. The summed E-state index contributed by atoms with van der Waals surface area (Å²) in [5.41, 5.74) is -1.34. The monoisotopic (exact) mass is 564 g/mol. The SMILES string of the molecule is O=C1[C@@H]2C3C=CC(c4ccccc4)([C@H]2C(=O)N1c1cccc([N+](=O)[O-])c1)[C@H]1C(=O)N(c2cccc([N+](=O)[O-])c2)C(=O)[C@@H]31. The van der Waals surface area contributed by atoms with Gasteiger partial charge in [0.15, 0.2) is 0 Å². The zero-order valence-electron chi connectivity index (χ0n) is 21.6. The number of anilines is 2. The molecule has 2 unspecified atom stereocenters. The van der Waals surface area contributed by atoms with E-state index < -0.39 is 68.5 Å². The molecule has 12 heteroatoms. The Morgan fingerprint density at radius 1 is 0.619 bits per heavy atom. The number of rotatable bonds is 5. The van der Waals surface area contributed by atoms with Crippen molar-refractivity contribution in [3.63, 3.8) is 0 Å². The second-order valence-electron chi connectivity index (χ2n) is 10.8. The minimum Gasteiger partial charge on any atom is -0.274 e. The van der Waals surface area contributed by atoms with Crippen molar-refractivity contribution < 1.29 is 29.0 Å². The summed E-state index contributed by atoms with van der Waals surface area (Å²) in [4.78, 5) is 80.1. The van der Waals surface area contributed by atoms with Gasteiger partial charge in [0.05, 0.1) is 44.9 Å². The van der Waals surface area contributed by atoms with Crippen molar-refractivity contribution in [1.82, 2.24) is 0 Å². The van der Waals surface area contributed by atoms with Crippen LogP contribution in [0, 0.1) is 49.8 Å². The van der Waals surface area contributed by atoms with Crippen molar-refractivity contribution in [2.24, 2.45) is 29.6 Å². The third kappa shape index (κ3) is 3.17. The minimum absolute atomic E-state index is 0.0391. The molecule has 2 aliphatic heterocycles. The van der Waals surface area contributed by atoms with E-state index in [-0.39, 0.29) is 22.7 Å². The number of hydrogen-bond donors (Lipinski definition) is 0. The number of non-ortho nitro benzene ring substituents is 2. The molecule has 4 amide bonds. The number of carbonyl (C=O) groups excluding carboxylic acids is 4. The first kappa shape index (κ1) is 25.4. The highest BCUT2D eigenvalue weighted by Gasteiger charge is 2.75. The molecule has 2 bridgehead atoms. The zero-order valence-corrected chi connectivity index (χ0v) is 21.6. The lowest BCUT2D eigenvalue weighted by Gasteiger charge is -2.53. The molecule has 5 aliphatic rings. The Balaban J connectivity index is 1.40. The third-order valence-corrected chi connectivity index (χ3v) is 9.03. The number of carbonyl (C=O) groups is 4. The van der Waals surface area contributed by atoms with Gasteiger partial charge in [-0.2, -0.15) is 0 Å². The van der Waals surface area contributed by atoms with Gasteiger partial charge in [-0.05, 0) is 17.7 Å². The zero-order chi connectivity index (χ0) is 29.5. The van der Waals surface area contributed by atoms with Crippen LogP contribution in [0.1, 0.15) is 5.56 Å². The number of nitro groups is 2. The molecule has 8 rings (SSSR count). The standard InChI is InChI=1S/C30H20N4O8/c35-26-22-21-12-13-30(16-6-2-1-3-7-16,24(22)28(37)31(26)17-8-4-10-19(14-17)33(39)40)25-23(21)27(36)32(29(25)38)18-9-5-11-20(15-18)34(41)42/h1-15,21-25H/t21?,22-,23+,24-,25-,30?/m1/s1.